The summed E-state index contributed by atoms with van der Waals surface area (Å²) in [5, 5.41) is 13.9. The summed E-state index contributed by atoms with van der Waals surface area (Å²) in [6.07, 6.45) is 0.870. The maximum Gasteiger partial charge on any atom is 0.226 e. The fourth-order valence-electron chi connectivity index (χ4n) is 3.42. The molecular weight excluding hydrogens is 330 g/mol. The van der Waals surface area contributed by atoms with Gasteiger partial charge in [-0.1, -0.05) is 6.07 Å². The van der Waals surface area contributed by atoms with Gasteiger partial charge in [-0.2, -0.15) is 0 Å². The van der Waals surface area contributed by atoms with Crippen LogP contribution in [0.3, 0.4) is 0 Å². The highest BCUT2D eigenvalue weighted by Crippen LogP contribution is 2.36. The molecule has 136 valence electrons. The van der Waals surface area contributed by atoms with Crippen molar-refractivity contribution in [2.75, 3.05) is 31.6 Å². The van der Waals surface area contributed by atoms with E-state index in [9.17, 15) is 5.11 Å². The highest BCUT2D eigenvalue weighted by Gasteiger charge is 2.24. The molecule has 0 aliphatic carbocycles. The first-order valence-electron chi connectivity index (χ1n) is 8.84. The molecule has 0 saturated carbocycles. The number of pyridine rings is 1. The Kier molecular flexibility index (Phi) is 4.53. The molecule has 1 fully saturated rings. The van der Waals surface area contributed by atoms with Crippen LogP contribution in [0.5, 0.6) is 11.6 Å². The number of aliphatic hydroxyl groups excluding tert-OH is 1. The summed E-state index contributed by atoms with van der Waals surface area (Å²) in [5.41, 5.74) is 3.31. The van der Waals surface area contributed by atoms with Crippen LogP contribution in [0.2, 0.25) is 0 Å². The second kappa shape index (κ2) is 6.97. The molecule has 2 aliphatic rings. The molecule has 6 nitrogen and oxygen atoms in total. The number of aliphatic hydroxyl groups is 1. The average molecular weight is 353 g/mol. The molecule has 0 spiro atoms. The first kappa shape index (κ1) is 16.9. The highest BCUT2D eigenvalue weighted by atomic mass is 16.6. The molecular formula is C20H23N3O3. The molecule has 2 aromatic rings. The summed E-state index contributed by atoms with van der Waals surface area (Å²) < 4.78 is 11.0. The molecule has 0 amide bonds. The minimum absolute atomic E-state index is 0.455. The fraction of sp³-hybridized carbons (Fsp3) is 0.350. The Morgan fingerprint density at radius 2 is 2.19 bits per heavy atom. The van der Waals surface area contributed by atoms with E-state index in [4.69, 9.17) is 9.47 Å². The predicted octanol–water partition coefficient (Wildman–Crippen LogP) is 2.14. The SMILES string of the molecule is COc1cccc(C2=Cc3ccc(N4CCN[C@H](C)C4)cc3OC2O)n1. The summed E-state index contributed by atoms with van der Waals surface area (Å²) in [6, 6.07) is 12.0. The van der Waals surface area contributed by atoms with Gasteiger partial charge in [0, 0.05) is 54.6 Å². The van der Waals surface area contributed by atoms with E-state index in [1.807, 2.05) is 30.3 Å². The molecule has 2 aliphatic heterocycles. The van der Waals surface area contributed by atoms with Gasteiger partial charge in [0.1, 0.15) is 5.75 Å². The minimum Gasteiger partial charge on any atom is -0.481 e. The monoisotopic (exact) mass is 353 g/mol. The van der Waals surface area contributed by atoms with Crippen molar-refractivity contribution in [3.8, 4) is 11.6 Å². The summed E-state index contributed by atoms with van der Waals surface area (Å²) >= 11 is 0. The van der Waals surface area contributed by atoms with Crippen molar-refractivity contribution in [1.29, 1.82) is 0 Å². The van der Waals surface area contributed by atoms with Crippen molar-refractivity contribution in [1.82, 2.24) is 10.3 Å². The molecule has 2 atom stereocenters. The van der Waals surface area contributed by atoms with Crippen LogP contribution in [-0.2, 0) is 0 Å². The van der Waals surface area contributed by atoms with Gasteiger partial charge in [-0.25, -0.2) is 4.98 Å². The average Bonchev–Trinajstić information content (AvgIpc) is 2.67. The van der Waals surface area contributed by atoms with E-state index in [2.05, 4.69) is 28.2 Å². The lowest BCUT2D eigenvalue weighted by molar-refractivity contribution is 0.0317. The Balaban J connectivity index is 1.65. The van der Waals surface area contributed by atoms with Crippen LogP contribution < -0.4 is 19.7 Å². The fourth-order valence-corrected chi connectivity index (χ4v) is 3.42. The molecule has 1 saturated heterocycles. The van der Waals surface area contributed by atoms with Crippen molar-refractivity contribution in [3.63, 3.8) is 0 Å². The van der Waals surface area contributed by atoms with E-state index in [1.165, 1.54) is 0 Å². The third kappa shape index (κ3) is 3.25. The van der Waals surface area contributed by atoms with E-state index in [-0.39, 0.29) is 0 Å². The molecule has 2 N–H and O–H groups in total. The lowest BCUT2D eigenvalue weighted by Gasteiger charge is -2.34. The van der Waals surface area contributed by atoms with Crippen molar-refractivity contribution in [2.24, 2.45) is 0 Å². The maximum atomic E-state index is 10.5. The van der Waals surface area contributed by atoms with Crippen molar-refractivity contribution >= 4 is 17.3 Å². The van der Waals surface area contributed by atoms with Gasteiger partial charge < -0.3 is 24.8 Å². The second-order valence-corrected chi connectivity index (χ2v) is 6.66. The summed E-state index contributed by atoms with van der Waals surface area (Å²) in [4.78, 5) is 6.73. The minimum atomic E-state index is -1.06. The van der Waals surface area contributed by atoms with Gasteiger partial charge in [0.2, 0.25) is 12.2 Å². The van der Waals surface area contributed by atoms with Gasteiger partial charge in [0.05, 0.1) is 12.8 Å². The lowest BCUT2D eigenvalue weighted by atomic mass is 10.0. The molecule has 1 unspecified atom stereocenters. The number of benzene rings is 1. The van der Waals surface area contributed by atoms with Crippen molar-refractivity contribution in [3.05, 3.63) is 47.7 Å². The Morgan fingerprint density at radius 3 is 3.00 bits per heavy atom. The first-order chi connectivity index (χ1) is 12.6. The summed E-state index contributed by atoms with van der Waals surface area (Å²) in [6.45, 7) is 5.06. The number of hydrogen-bond donors (Lipinski definition) is 2. The van der Waals surface area contributed by atoms with Crippen molar-refractivity contribution in [2.45, 2.75) is 19.3 Å². The van der Waals surface area contributed by atoms with E-state index < -0.39 is 6.29 Å². The van der Waals surface area contributed by atoms with Gasteiger partial charge in [-0.15, -0.1) is 0 Å². The standard InChI is InChI=1S/C20H23N3O3/c1-13-12-23(9-8-21-13)15-7-6-14-10-16(20(24)26-18(14)11-15)17-4-3-5-19(22-17)25-2/h3-7,10-11,13,20-21,24H,8-9,12H2,1-2H3/t13-,20?/m1/s1. The van der Waals surface area contributed by atoms with Gasteiger partial charge in [-0.05, 0) is 31.2 Å². The molecule has 4 rings (SSSR count). The summed E-state index contributed by atoms with van der Waals surface area (Å²) in [7, 11) is 1.57. The van der Waals surface area contributed by atoms with Gasteiger partial charge in [0.15, 0.2) is 0 Å². The number of methoxy groups -OCH3 is 1. The first-order valence-corrected chi connectivity index (χ1v) is 8.84. The summed E-state index contributed by atoms with van der Waals surface area (Å²) in [5.74, 6) is 1.19. The third-order valence-corrected chi connectivity index (χ3v) is 4.78. The number of piperazine rings is 1. The van der Waals surface area contributed by atoms with E-state index in [0.29, 0.717) is 28.9 Å². The van der Waals surface area contributed by atoms with Crippen LogP contribution in [0.25, 0.3) is 11.6 Å². The number of ether oxygens (including phenoxy) is 2. The molecule has 1 aromatic heterocycles. The van der Waals surface area contributed by atoms with Gasteiger partial charge >= 0.3 is 0 Å². The number of fused-ring (bicyclic) bond motifs is 1. The molecule has 1 aromatic carbocycles. The van der Waals surface area contributed by atoms with Gasteiger partial charge in [-0.3, -0.25) is 0 Å². The molecule has 26 heavy (non-hydrogen) atoms. The quantitative estimate of drug-likeness (QED) is 0.881. The molecule has 0 bridgehead atoms. The van der Waals surface area contributed by atoms with Crippen molar-refractivity contribution < 1.29 is 14.6 Å². The zero-order chi connectivity index (χ0) is 18.1. The molecule has 0 radical (unpaired) electrons. The zero-order valence-corrected chi connectivity index (χ0v) is 15.0. The lowest BCUT2D eigenvalue weighted by Crippen LogP contribution is -2.49. The Hall–Kier alpha value is -2.57. The maximum absolute atomic E-state index is 10.5. The van der Waals surface area contributed by atoms with E-state index in [0.717, 1.165) is 30.9 Å². The third-order valence-electron chi connectivity index (χ3n) is 4.78. The van der Waals surface area contributed by atoms with E-state index in [1.54, 1.807) is 13.2 Å². The Morgan fingerprint density at radius 1 is 1.31 bits per heavy atom. The smallest absolute Gasteiger partial charge is 0.226 e. The Labute approximate surface area is 153 Å². The topological polar surface area (TPSA) is 66.9 Å². The van der Waals surface area contributed by atoms with E-state index >= 15 is 0 Å². The number of nitrogens with zero attached hydrogens (tertiary/aromatic N) is 2. The number of aromatic nitrogens is 1. The zero-order valence-electron chi connectivity index (χ0n) is 15.0. The molecule has 3 heterocycles. The van der Waals surface area contributed by atoms with Crippen LogP contribution >= 0.6 is 0 Å². The highest BCUT2D eigenvalue weighted by molar-refractivity contribution is 5.86. The Bertz CT molecular complexity index is 837. The predicted molar refractivity (Wildman–Crippen MR) is 101 cm³/mol. The largest absolute Gasteiger partial charge is 0.481 e. The van der Waals surface area contributed by atoms with Crippen LogP contribution in [0.15, 0.2) is 36.4 Å². The van der Waals surface area contributed by atoms with Crippen LogP contribution in [-0.4, -0.2) is 49.2 Å². The van der Waals surface area contributed by atoms with Crippen LogP contribution in [0.1, 0.15) is 18.2 Å². The molecule has 6 heteroatoms. The second-order valence-electron chi connectivity index (χ2n) is 6.66. The number of rotatable bonds is 3. The number of hydrogen-bond acceptors (Lipinski definition) is 6. The normalized spacial score (nSPS) is 22.3. The number of anilines is 1. The van der Waals surface area contributed by atoms with Crippen LogP contribution in [0.4, 0.5) is 5.69 Å². The van der Waals surface area contributed by atoms with Crippen LogP contribution in [0, 0.1) is 0 Å². The number of nitrogens with one attached hydrogen (secondary N) is 1. The van der Waals surface area contributed by atoms with Gasteiger partial charge in [0.25, 0.3) is 0 Å².